The first kappa shape index (κ1) is 12.2. The van der Waals surface area contributed by atoms with Gasteiger partial charge in [-0.05, 0) is 18.2 Å². The number of phenols is 1. The molecule has 94 valence electrons. The molecule has 0 bridgehead atoms. The number of hydrogen-bond acceptors (Lipinski definition) is 3. The number of para-hydroxylation sites is 1. The zero-order chi connectivity index (χ0) is 13.0. The Morgan fingerprint density at radius 2 is 2.06 bits per heavy atom. The van der Waals surface area contributed by atoms with Gasteiger partial charge in [-0.2, -0.15) is 0 Å². The van der Waals surface area contributed by atoms with Crippen molar-refractivity contribution in [3.8, 4) is 5.75 Å². The van der Waals surface area contributed by atoms with E-state index >= 15 is 0 Å². The van der Waals surface area contributed by atoms with Crippen molar-refractivity contribution in [3.63, 3.8) is 0 Å². The number of aromatic hydroxyl groups is 1. The topological polar surface area (TPSA) is 53.7 Å². The molecule has 0 fully saturated rings. The fraction of sp³-hybridized carbons (Fsp3) is 0.214. The Hall–Kier alpha value is -2.23. The lowest BCUT2D eigenvalue weighted by molar-refractivity contribution is -0.129. The first-order valence-electron chi connectivity index (χ1n) is 5.70. The molecule has 18 heavy (non-hydrogen) atoms. The summed E-state index contributed by atoms with van der Waals surface area (Å²) < 4.78 is 5.18. The Bertz CT molecular complexity index is 520. The van der Waals surface area contributed by atoms with Gasteiger partial charge in [-0.15, -0.1) is 0 Å². The highest BCUT2D eigenvalue weighted by Crippen LogP contribution is 2.17. The van der Waals surface area contributed by atoms with Crippen molar-refractivity contribution < 1.29 is 14.3 Å². The van der Waals surface area contributed by atoms with Crippen molar-refractivity contribution in [1.29, 1.82) is 0 Å². The molecule has 1 aromatic heterocycles. The molecule has 4 heteroatoms. The van der Waals surface area contributed by atoms with E-state index in [1.54, 1.807) is 48.5 Å². The van der Waals surface area contributed by atoms with E-state index in [9.17, 15) is 9.90 Å². The number of nitrogens with zero attached hydrogens (tertiary/aromatic N) is 1. The third-order valence-corrected chi connectivity index (χ3v) is 2.73. The van der Waals surface area contributed by atoms with Gasteiger partial charge in [-0.3, -0.25) is 4.79 Å². The fourth-order valence-electron chi connectivity index (χ4n) is 1.68. The molecule has 1 heterocycles. The molecule has 0 saturated heterocycles. The van der Waals surface area contributed by atoms with Gasteiger partial charge >= 0.3 is 0 Å². The molecule has 0 aliphatic heterocycles. The van der Waals surface area contributed by atoms with Gasteiger partial charge in [-0.1, -0.05) is 18.2 Å². The predicted molar refractivity (Wildman–Crippen MR) is 67.0 cm³/mol. The number of carbonyl (C=O) groups is 1. The van der Waals surface area contributed by atoms with Gasteiger partial charge in [0.05, 0.1) is 19.2 Å². The molecule has 0 saturated carbocycles. The quantitative estimate of drug-likeness (QED) is 0.898. The van der Waals surface area contributed by atoms with E-state index < -0.39 is 0 Å². The highest BCUT2D eigenvalue weighted by Gasteiger charge is 2.13. The molecule has 0 spiro atoms. The zero-order valence-corrected chi connectivity index (χ0v) is 10.2. The van der Waals surface area contributed by atoms with E-state index in [2.05, 4.69) is 0 Å². The van der Waals surface area contributed by atoms with Gasteiger partial charge in [0.2, 0.25) is 5.91 Å². The average Bonchev–Trinajstić information content (AvgIpc) is 2.84. The molecular formula is C14H15NO3. The maximum atomic E-state index is 12.0. The molecule has 1 amide bonds. The van der Waals surface area contributed by atoms with E-state index in [4.69, 9.17) is 4.42 Å². The van der Waals surface area contributed by atoms with Crippen LogP contribution in [0.4, 0.5) is 0 Å². The second kappa shape index (κ2) is 5.40. The first-order chi connectivity index (χ1) is 8.66. The summed E-state index contributed by atoms with van der Waals surface area (Å²) in [5.41, 5.74) is 0.633. The van der Waals surface area contributed by atoms with E-state index in [1.807, 2.05) is 6.07 Å². The van der Waals surface area contributed by atoms with Crippen LogP contribution in [0, 0.1) is 0 Å². The minimum absolute atomic E-state index is 0.0621. The van der Waals surface area contributed by atoms with Gasteiger partial charge < -0.3 is 14.4 Å². The third kappa shape index (κ3) is 2.91. The van der Waals surface area contributed by atoms with Gasteiger partial charge in [0.1, 0.15) is 11.5 Å². The molecule has 0 aliphatic rings. The van der Waals surface area contributed by atoms with Crippen LogP contribution >= 0.6 is 0 Å². The molecule has 2 aromatic rings. The van der Waals surface area contributed by atoms with Crippen LogP contribution in [0.3, 0.4) is 0 Å². The number of benzene rings is 1. The van der Waals surface area contributed by atoms with Crippen molar-refractivity contribution in [1.82, 2.24) is 4.90 Å². The molecule has 0 aliphatic carbocycles. The number of likely N-dealkylation sites (N-methyl/N-ethyl adjacent to an activating group) is 1. The van der Waals surface area contributed by atoms with E-state index in [-0.39, 0.29) is 18.1 Å². The SMILES string of the molecule is CN(Cc1ccco1)C(=O)Cc1ccccc1O. The van der Waals surface area contributed by atoms with Crippen LogP contribution < -0.4 is 0 Å². The highest BCUT2D eigenvalue weighted by molar-refractivity contribution is 5.79. The molecule has 0 radical (unpaired) electrons. The third-order valence-electron chi connectivity index (χ3n) is 2.73. The molecular weight excluding hydrogens is 230 g/mol. The Labute approximate surface area is 105 Å². The number of rotatable bonds is 4. The van der Waals surface area contributed by atoms with E-state index in [0.29, 0.717) is 12.1 Å². The number of carbonyl (C=O) groups excluding carboxylic acids is 1. The lowest BCUT2D eigenvalue weighted by atomic mass is 10.1. The predicted octanol–water partition coefficient (Wildman–Crippen LogP) is 2.19. The summed E-state index contributed by atoms with van der Waals surface area (Å²) in [6.07, 6.45) is 1.76. The van der Waals surface area contributed by atoms with Crippen molar-refractivity contribution in [2.24, 2.45) is 0 Å². The summed E-state index contributed by atoms with van der Waals surface area (Å²) >= 11 is 0. The maximum Gasteiger partial charge on any atom is 0.227 e. The summed E-state index contributed by atoms with van der Waals surface area (Å²) in [4.78, 5) is 13.5. The molecule has 4 nitrogen and oxygen atoms in total. The minimum Gasteiger partial charge on any atom is -0.508 e. The number of furan rings is 1. The Morgan fingerprint density at radius 1 is 1.28 bits per heavy atom. The Kier molecular flexibility index (Phi) is 3.67. The molecule has 1 N–H and O–H groups in total. The maximum absolute atomic E-state index is 12.0. The standard InChI is InChI=1S/C14H15NO3/c1-15(10-12-6-4-8-18-12)14(17)9-11-5-2-3-7-13(11)16/h2-8,16H,9-10H2,1H3. The Balaban J connectivity index is 1.98. The van der Waals surface area contributed by atoms with Crippen molar-refractivity contribution >= 4 is 5.91 Å². The summed E-state index contributed by atoms with van der Waals surface area (Å²) in [6.45, 7) is 0.430. The van der Waals surface area contributed by atoms with Gasteiger partial charge in [0.25, 0.3) is 0 Å². The number of amides is 1. The van der Waals surface area contributed by atoms with E-state index in [1.165, 1.54) is 0 Å². The van der Waals surface area contributed by atoms with E-state index in [0.717, 1.165) is 5.76 Å². The highest BCUT2D eigenvalue weighted by atomic mass is 16.3. The zero-order valence-electron chi connectivity index (χ0n) is 10.2. The second-order valence-corrected chi connectivity index (χ2v) is 4.13. The summed E-state index contributed by atoms with van der Waals surface area (Å²) in [6, 6.07) is 10.5. The first-order valence-corrected chi connectivity index (χ1v) is 5.70. The van der Waals surface area contributed by atoms with Gasteiger partial charge in [0, 0.05) is 12.6 Å². The summed E-state index contributed by atoms with van der Waals surface area (Å²) in [7, 11) is 1.71. The molecule has 0 atom stereocenters. The minimum atomic E-state index is -0.0621. The monoisotopic (exact) mass is 245 g/mol. The van der Waals surface area contributed by atoms with Crippen LogP contribution in [0.1, 0.15) is 11.3 Å². The molecule has 1 aromatic carbocycles. The van der Waals surface area contributed by atoms with Crippen LogP contribution in [0.2, 0.25) is 0 Å². The van der Waals surface area contributed by atoms with Crippen LogP contribution in [-0.2, 0) is 17.8 Å². The molecule has 2 rings (SSSR count). The second-order valence-electron chi connectivity index (χ2n) is 4.13. The lowest BCUT2D eigenvalue weighted by Crippen LogP contribution is -2.27. The summed E-state index contributed by atoms with van der Waals surface area (Å²) in [5, 5.41) is 9.61. The molecule has 0 unspecified atom stereocenters. The average molecular weight is 245 g/mol. The van der Waals surface area contributed by atoms with Crippen molar-refractivity contribution in [3.05, 3.63) is 54.0 Å². The number of hydrogen-bond donors (Lipinski definition) is 1. The lowest BCUT2D eigenvalue weighted by Gasteiger charge is -2.16. The van der Waals surface area contributed by atoms with Crippen LogP contribution in [0.25, 0.3) is 0 Å². The smallest absolute Gasteiger partial charge is 0.227 e. The van der Waals surface area contributed by atoms with Crippen LogP contribution in [-0.4, -0.2) is 23.0 Å². The van der Waals surface area contributed by atoms with Crippen LogP contribution in [0.15, 0.2) is 47.1 Å². The normalized spacial score (nSPS) is 10.3. The van der Waals surface area contributed by atoms with Gasteiger partial charge in [0.15, 0.2) is 0 Å². The van der Waals surface area contributed by atoms with Gasteiger partial charge in [-0.25, -0.2) is 0 Å². The van der Waals surface area contributed by atoms with Crippen molar-refractivity contribution in [2.45, 2.75) is 13.0 Å². The van der Waals surface area contributed by atoms with Crippen LogP contribution in [0.5, 0.6) is 5.75 Å². The largest absolute Gasteiger partial charge is 0.508 e. The summed E-state index contributed by atoms with van der Waals surface area (Å²) in [5.74, 6) is 0.827. The van der Waals surface area contributed by atoms with Crippen molar-refractivity contribution in [2.75, 3.05) is 7.05 Å². The Morgan fingerprint density at radius 3 is 2.72 bits per heavy atom. The fourth-order valence-corrected chi connectivity index (χ4v) is 1.68. The number of phenolic OH excluding ortho intramolecular Hbond substituents is 1.